The van der Waals surface area contributed by atoms with Gasteiger partial charge in [0.25, 0.3) is 0 Å². The zero-order chi connectivity index (χ0) is 16.7. The van der Waals surface area contributed by atoms with E-state index in [0.717, 1.165) is 12.5 Å². The van der Waals surface area contributed by atoms with Gasteiger partial charge in [-0.15, -0.1) is 24.0 Å². The largest absolute Gasteiger partial charge is 0.357 e. The molecule has 132 valence electrons. The third kappa shape index (κ3) is 11.4. The van der Waals surface area contributed by atoms with Gasteiger partial charge in [-0.2, -0.15) is 11.8 Å². The van der Waals surface area contributed by atoms with E-state index in [-0.39, 0.29) is 40.2 Å². The number of nitrogens with one attached hydrogen (secondary N) is 2. The number of thioether (sulfide) groups is 1. The molecule has 22 heavy (non-hydrogen) atoms. The highest BCUT2D eigenvalue weighted by Gasteiger charge is 2.19. The summed E-state index contributed by atoms with van der Waals surface area (Å²) in [5, 5.41) is 6.20. The summed E-state index contributed by atoms with van der Waals surface area (Å²) in [5.41, 5.74) is -0.214. The van der Waals surface area contributed by atoms with Crippen molar-refractivity contribution >= 4 is 47.6 Å². The number of likely N-dealkylation sites (N-methyl/N-ethyl adjacent to an activating group) is 1. The average Bonchev–Trinajstić information content (AvgIpc) is 2.31. The number of rotatable bonds is 6. The predicted octanol–water partition coefficient (Wildman–Crippen LogP) is 2.56. The summed E-state index contributed by atoms with van der Waals surface area (Å²) in [4.78, 5) is 18.5. The van der Waals surface area contributed by atoms with E-state index < -0.39 is 0 Å². The summed E-state index contributed by atoms with van der Waals surface area (Å²) in [6.07, 6.45) is 2.09. The third-order valence-electron chi connectivity index (χ3n) is 2.75. The lowest BCUT2D eigenvalue weighted by Gasteiger charge is -2.26. The fourth-order valence-corrected chi connectivity index (χ4v) is 1.74. The highest BCUT2D eigenvalue weighted by Crippen LogP contribution is 2.21. The maximum atomic E-state index is 12.0. The van der Waals surface area contributed by atoms with Crippen molar-refractivity contribution in [1.29, 1.82) is 0 Å². The lowest BCUT2D eigenvalue weighted by Crippen LogP contribution is -2.49. The number of hydrogen-bond acceptors (Lipinski definition) is 3. The Morgan fingerprint density at radius 3 is 2.18 bits per heavy atom. The Labute approximate surface area is 157 Å². The van der Waals surface area contributed by atoms with Gasteiger partial charge in [0, 0.05) is 23.9 Å². The van der Waals surface area contributed by atoms with Crippen LogP contribution in [0.3, 0.4) is 0 Å². The first-order valence-corrected chi connectivity index (χ1v) is 8.59. The van der Waals surface area contributed by atoms with Crippen molar-refractivity contribution in [1.82, 2.24) is 15.5 Å². The first-order chi connectivity index (χ1) is 9.50. The Balaban J connectivity index is 0. The van der Waals surface area contributed by atoms with Crippen molar-refractivity contribution in [2.45, 2.75) is 51.8 Å². The second-order valence-electron chi connectivity index (χ2n) is 6.79. The van der Waals surface area contributed by atoms with Gasteiger partial charge in [-0.3, -0.25) is 9.79 Å². The zero-order valence-corrected chi connectivity index (χ0v) is 18.4. The van der Waals surface area contributed by atoms with E-state index in [1.54, 1.807) is 11.8 Å². The minimum Gasteiger partial charge on any atom is -0.357 e. The van der Waals surface area contributed by atoms with Crippen LogP contribution in [0.15, 0.2) is 4.99 Å². The SMILES string of the molecule is CCNC(=NCC(C)(C)SC)N(C)CC(=O)NC(C)(C)C.I. The predicted molar refractivity (Wildman–Crippen MR) is 110 cm³/mol. The summed E-state index contributed by atoms with van der Waals surface area (Å²) in [5.74, 6) is 0.767. The smallest absolute Gasteiger partial charge is 0.240 e. The molecule has 0 heterocycles. The number of aliphatic imine (C=N–C) groups is 1. The molecule has 0 aliphatic heterocycles. The number of carbonyl (C=O) groups excluding carboxylic acids is 1. The zero-order valence-electron chi connectivity index (χ0n) is 15.2. The van der Waals surface area contributed by atoms with Gasteiger partial charge in [-0.05, 0) is 47.8 Å². The molecule has 0 aromatic rings. The molecular weight excluding hydrogens is 411 g/mol. The fourth-order valence-electron chi connectivity index (χ4n) is 1.55. The summed E-state index contributed by atoms with van der Waals surface area (Å²) in [7, 11) is 1.88. The molecule has 0 spiro atoms. The molecule has 0 bridgehead atoms. The molecule has 0 aliphatic carbocycles. The summed E-state index contributed by atoms with van der Waals surface area (Å²) >= 11 is 1.79. The van der Waals surface area contributed by atoms with Crippen LogP contribution in [0.5, 0.6) is 0 Å². The van der Waals surface area contributed by atoms with E-state index in [9.17, 15) is 4.79 Å². The van der Waals surface area contributed by atoms with Crippen LogP contribution in [0.1, 0.15) is 41.5 Å². The summed E-state index contributed by atoms with van der Waals surface area (Å²) in [6.45, 7) is 14.1. The molecule has 5 nitrogen and oxygen atoms in total. The summed E-state index contributed by atoms with van der Waals surface area (Å²) in [6, 6.07) is 0. The second kappa shape index (κ2) is 10.6. The molecule has 0 aromatic carbocycles. The van der Waals surface area contributed by atoms with Gasteiger partial charge in [0.1, 0.15) is 0 Å². The van der Waals surface area contributed by atoms with Gasteiger partial charge >= 0.3 is 0 Å². The average molecular weight is 444 g/mol. The lowest BCUT2D eigenvalue weighted by atomic mass is 10.1. The van der Waals surface area contributed by atoms with Crippen molar-refractivity contribution in [3.05, 3.63) is 0 Å². The summed E-state index contributed by atoms with van der Waals surface area (Å²) < 4.78 is 0.0924. The third-order valence-corrected chi connectivity index (χ3v) is 3.99. The van der Waals surface area contributed by atoms with Crippen molar-refractivity contribution < 1.29 is 4.79 Å². The molecule has 2 N–H and O–H groups in total. The molecule has 0 aromatic heterocycles. The monoisotopic (exact) mass is 444 g/mol. The van der Waals surface area contributed by atoms with Crippen molar-refractivity contribution in [2.75, 3.05) is 32.9 Å². The number of halogens is 1. The highest BCUT2D eigenvalue weighted by molar-refractivity contribution is 14.0. The molecule has 7 heteroatoms. The van der Waals surface area contributed by atoms with Gasteiger partial charge in [-0.25, -0.2) is 0 Å². The molecule has 0 radical (unpaired) electrons. The van der Waals surface area contributed by atoms with E-state index in [4.69, 9.17) is 0 Å². The lowest BCUT2D eigenvalue weighted by molar-refractivity contribution is -0.122. The van der Waals surface area contributed by atoms with Gasteiger partial charge in [0.15, 0.2) is 5.96 Å². The Kier molecular flexibility index (Phi) is 11.6. The van der Waals surface area contributed by atoms with E-state index in [1.165, 1.54) is 0 Å². The van der Waals surface area contributed by atoms with E-state index >= 15 is 0 Å². The Hall–Kier alpha value is -0.180. The molecule has 0 atom stereocenters. The van der Waals surface area contributed by atoms with Gasteiger partial charge < -0.3 is 15.5 Å². The quantitative estimate of drug-likeness (QED) is 0.376. The van der Waals surface area contributed by atoms with Crippen LogP contribution >= 0.6 is 35.7 Å². The van der Waals surface area contributed by atoms with E-state index in [0.29, 0.717) is 13.1 Å². The van der Waals surface area contributed by atoms with Crippen molar-refractivity contribution in [2.24, 2.45) is 4.99 Å². The molecule has 0 rings (SSSR count). The van der Waals surface area contributed by atoms with Crippen molar-refractivity contribution in [3.63, 3.8) is 0 Å². The first kappa shape index (κ1) is 24.1. The van der Waals surface area contributed by atoms with Crippen LogP contribution in [0.4, 0.5) is 0 Å². The molecule has 0 saturated heterocycles. The standard InChI is InChI=1S/C15H32N4OS.HI/c1-9-16-13(17-11-15(5,6)21-8)19(7)10-12(20)18-14(2,3)4;/h9-11H2,1-8H3,(H,16,17)(H,18,20);1H. The fraction of sp³-hybridized carbons (Fsp3) is 0.867. The molecule has 0 fully saturated rings. The maximum absolute atomic E-state index is 12.0. The maximum Gasteiger partial charge on any atom is 0.240 e. The van der Waals surface area contributed by atoms with Crippen LogP contribution in [-0.4, -0.2) is 60.0 Å². The molecule has 0 saturated carbocycles. The highest BCUT2D eigenvalue weighted by atomic mass is 127. The second-order valence-corrected chi connectivity index (χ2v) is 8.30. The minimum absolute atomic E-state index is 0. The number of guanidine groups is 1. The van der Waals surface area contributed by atoms with Gasteiger partial charge in [0.05, 0.1) is 13.1 Å². The van der Waals surface area contributed by atoms with Crippen LogP contribution in [0.25, 0.3) is 0 Å². The molecular formula is C15H33IN4OS. The Morgan fingerprint density at radius 1 is 1.23 bits per heavy atom. The molecule has 0 unspecified atom stereocenters. The normalized spacial score (nSPS) is 12.5. The van der Waals surface area contributed by atoms with E-state index in [1.807, 2.05) is 39.6 Å². The Bertz CT molecular complexity index is 367. The van der Waals surface area contributed by atoms with Crippen LogP contribution < -0.4 is 10.6 Å². The molecule has 0 aliphatic rings. The van der Waals surface area contributed by atoms with Crippen LogP contribution in [0.2, 0.25) is 0 Å². The van der Waals surface area contributed by atoms with Crippen molar-refractivity contribution in [3.8, 4) is 0 Å². The number of hydrogen-bond donors (Lipinski definition) is 2. The molecule has 1 amide bonds. The first-order valence-electron chi connectivity index (χ1n) is 7.36. The van der Waals surface area contributed by atoms with Crippen LogP contribution in [-0.2, 0) is 4.79 Å². The number of carbonyl (C=O) groups is 1. The minimum atomic E-state index is -0.214. The van der Waals surface area contributed by atoms with E-state index in [2.05, 4.69) is 35.7 Å². The topological polar surface area (TPSA) is 56.7 Å². The number of amides is 1. The van der Waals surface area contributed by atoms with Crippen LogP contribution in [0, 0.1) is 0 Å². The van der Waals surface area contributed by atoms with Gasteiger partial charge in [0.2, 0.25) is 5.91 Å². The Morgan fingerprint density at radius 2 is 1.77 bits per heavy atom. The van der Waals surface area contributed by atoms with Gasteiger partial charge in [-0.1, -0.05) is 0 Å². The number of nitrogens with zero attached hydrogens (tertiary/aromatic N) is 2.